The number of nitrogens with one attached hydrogen (secondary N) is 1. The highest BCUT2D eigenvalue weighted by Crippen LogP contribution is 2.18. The molecule has 0 saturated carbocycles. The van der Waals surface area contributed by atoms with E-state index >= 15 is 0 Å². The van der Waals surface area contributed by atoms with Crippen LogP contribution in [0.5, 0.6) is 0 Å². The maximum Gasteiger partial charge on any atom is 0.335 e. The Hall–Kier alpha value is -1.62. The summed E-state index contributed by atoms with van der Waals surface area (Å²) < 4.78 is 0. The van der Waals surface area contributed by atoms with E-state index in [0.717, 1.165) is 5.69 Å². The third-order valence-electron chi connectivity index (χ3n) is 2.63. The first kappa shape index (κ1) is 14.4. The first-order valence-electron chi connectivity index (χ1n) is 6.04. The minimum absolute atomic E-state index is 0.0860. The van der Waals surface area contributed by atoms with Gasteiger partial charge < -0.3 is 15.5 Å². The number of aliphatic hydroxyl groups is 1. The van der Waals surface area contributed by atoms with Gasteiger partial charge in [-0.3, -0.25) is 0 Å². The van der Waals surface area contributed by atoms with Crippen LogP contribution in [-0.4, -0.2) is 34.3 Å². The minimum Gasteiger partial charge on any atom is -0.478 e. The smallest absolute Gasteiger partial charge is 0.335 e. The fourth-order valence-corrected chi connectivity index (χ4v) is 1.41. The van der Waals surface area contributed by atoms with Crippen molar-refractivity contribution in [2.24, 2.45) is 5.92 Å². The highest BCUT2D eigenvalue weighted by Gasteiger charge is 2.11. The van der Waals surface area contributed by atoms with E-state index < -0.39 is 5.97 Å². The molecule has 18 heavy (non-hydrogen) atoms. The summed E-state index contributed by atoms with van der Waals surface area (Å²) in [4.78, 5) is 15.4. The quantitative estimate of drug-likeness (QED) is 0.720. The second-order valence-electron chi connectivity index (χ2n) is 4.79. The van der Waals surface area contributed by atoms with E-state index in [1.54, 1.807) is 6.07 Å². The van der Waals surface area contributed by atoms with E-state index in [1.807, 2.05) is 20.8 Å². The fraction of sp³-hybridized carbons (Fsp3) is 0.538. The Bertz CT molecular complexity index is 419. The molecule has 0 aliphatic rings. The van der Waals surface area contributed by atoms with Crippen LogP contribution < -0.4 is 5.32 Å². The van der Waals surface area contributed by atoms with E-state index in [-0.39, 0.29) is 24.0 Å². The number of anilines is 1. The van der Waals surface area contributed by atoms with Crippen LogP contribution in [0, 0.1) is 5.92 Å². The topological polar surface area (TPSA) is 82.5 Å². The monoisotopic (exact) mass is 252 g/mol. The summed E-state index contributed by atoms with van der Waals surface area (Å²) in [5, 5.41) is 21.0. The molecular weight excluding hydrogens is 232 g/mol. The van der Waals surface area contributed by atoms with E-state index in [2.05, 4.69) is 10.3 Å². The van der Waals surface area contributed by atoms with Crippen LogP contribution in [-0.2, 0) is 0 Å². The number of aromatic nitrogens is 1. The molecule has 1 aromatic rings. The second-order valence-corrected chi connectivity index (χ2v) is 4.79. The van der Waals surface area contributed by atoms with Gasteiger partial charge in [-0.1, -0.05) is 20.8 Å². The van der Waals surface area contributed by atoms with Crippen LogP contribution in [0.1, 0.15) is 42.7 Å². The molecule has 1 aromatic heterocycles. The number of nitrogens with zero attached hydrogens (tertiary/aromatic N) is 1. The molecule has 1 unspecified atom stereocenters. The normalized spacial score (nSPS) is 12.5. The number of hydrogen-bond acceptors (Lipinski definition) is 4. The molecule has 0 aliphatic heterocycles. The van der Waals surface area contributed by atoms with Crippen LogP contribution >= 0.6 is 0 Å². The predicted octanol–water partition coefficient (Wildman–Crippen LogP) is 1.94. The lowest BCUT2D eigenvalue weighted by molar-refractivity contribution is 0.0696. The van der Waals surface area contributed by atoms with E-state index in [4.69, 9.17) is 10.2 Å². The molecule has 5 heteroatoms. The van der Waals surface area contributed by atoms with Crippen molar-refractivity contribution in [3.05, 3.63) is 23.4 Å². The Balaban J connectivity index is 2.93. The average molecular weight is 252 g/mol. The first-order chi connectivity index (χ1) is 8.43. The van der Waals surface area contributed by atoms with Crippen molar-refractivity contribution in [3.8, 4) is 0 Å². The molecule has 0 radical (unpaired) electrons. The molecule has 0 amide bonds. The Morgan fingerprint density at radius 3 is 2.56 bits per heavy atom. The predicted molar refractivity (Wildman–Crippen MR) is 70.0 cm³/mol. The highest BCUT2D eigenvalue weighted by molar-refractivity contribution is 5.88. The zero-order chi connectivity index (χ0) is 13.7. The molecular formula is C13H20N2O3. The number of carboxylic acids is 1. The summed E-state index contributed by atoms with van der Waals surface area (Å²) in [6.07, 6.45) is 0. The molecule has 0 spiro atoms. The van der Waals surface area contributed by atoms with Gasteiger partial charge in [0.2, 0.25) is 0 Å². The lowest BCUT2D eigenvalue weighted by Gasteiger charge is -2.13. The van der Waals surface area contributed by atoms with E-state index in [9.17, 15) is 4.79 Å². The Labute approximate surface area is 107 Å². The highest BCUT2D eigenvalue weighted by atomic mass is 16.4. The van der Waals surface area contributed by atoms with Gasteiger partial charge in [-0.15, -0.1) is 0 Å². The number of aromatic carboxylic acids is 1. The number of carbonyl (C=O) groups is 1. The number of pyridine rings is 1. The van der Waals surface area contributed by atoms with Gasteiger partial charge in [0.25, 0.3) is 0 Å². The van der Waals surface area contributed by atoms with Crippen LogP contribution in [0.15, 0.2) is 12.1 Å². The summed E-state index contributed by atoms with van der Waals surface area (Å²) in [6, 6.07) is 3.10. The van der Waals surface area contributed by atoms with Crippen LogP contribution in [0.3, 0.4) is 0 Å². The van der Waals surface area contributed by atoms with Gasteiger partial charge in [-0.25, -0.2) is 9.78 Å². The van der Waals surface area contributed by atoms with Crippen molar-refractivity contribution >= 4 is 11.8 Å². The zero-order valence-corrected chi connectivity index (χ0v) is 11.0. The number of hydrogen-bond donors (Lipinski definition) is 3. The Morgan fingerprint density at radius 2 is 2.06 bits per heavy atom. The van der Waals surface area contributed by atoms with Crippen molar-refractivity contribution in [2.45, 2.75) is 26.7 Å². The average Bonchev–Trinajstić information content (AvgIpc) is 2.35. The van der Waals surface area contributed by atoms with E-state index in [1.165, 1.54) is 6.07 Å². The summed E-state index contributed by atoms with van der Waals surface area (Å²) in [7, 11) is 0. The van der Waals surface area contributed by atoms with Gasteiger partial charge in [0.05, 0.1) is 5.56 Å². The van der Waals surface area contributed by atoms with Crippen LogP contribution in [0.4, 0.5) is 5.82 Å². The van der Waals surface area contributed by atoms with Crippen LogP contribution in [0.2, 0.25) is 0 Å². The molecule has 1 rings (SSSR count). The number of aliphatic hydroxyl groups excluding tert-OH is 1. The lowest BCUT2D eigenvalue weighted by atomic mass is 10.1. The van der Waals surface area contributed by atoms with Gasteiger partial charge in [0.15, 0.2) is 0 Å². The van der Waals surface area contributed by atoms with Crippen LogP contribution in [0.25, 0.3) is 0 Å². The van der Waals surface area contributed by atoms with Crippen molar-refractivity contribution < 1.29 is 15.0 Å². The molecule has 0 aromatic carbocycles. The van der Waals surface area contributed by atoms with Crippen molar-refractivity contribution in [2.75, 3.05) is 18.5 Å². The van der Waals surface area contributed by atoms with Gasteiger partial charge >= 0.3 is 5.97 Å². The zero-order valence-electron chi connectivity index (χ0n) is 11.0. The second kappa shape index (κ2) is 6.35. The number of rotatable bonds is 6. The molecule has 0 saturated heterocycles. The molecule has 100 valence electrons. The molecule has 3 N–H and O–H groups in total. The minimum atomic E-state index is -0.961. The summed E-state index contributed by atoms with van der Waals surface area (Å²) in [5.74, 6) is -0.153. The first-order valence-corrected chi connectivity index (χ1v) is 6.04. The molecule has 1 atom stereocenters. The largest absolute Gasteiger partial charge is 0.478 e. The van der Waals surface area contributed by atoms with Gasteiger partial charge in [0, 0.05) is 18.8 Å². The Morgan fingerprint density at radius 1 is 1.39 bits per heavy atom. The van der Waals surface area contributed by atoms with Gasteiger partial charge in [0.1, 0.15) is 5.82 Å². The maximum absolute atomic E-state index is 11.0. The third-order valence-corrected chi connectivity index (χ3v) is 2.63. The fourth-order valence-electron chi connectivity index (χ4n) is 1.41. The Kier molecular flexibility index (Phi) is 5.09. The SMILES string of the molecule is CC(CO)CNc1cc(C(=O)O)cc(C(C)C)n1. The van der Waals surface area contributed by atoms with E-state index in [0.29, 0.717) is 12.4 Å². The number of carboxylic acid groups (broad SMARTS) is 1. The third kappa shape index (κ3) is 4.00. The summed E-state index contributed by atoms with van der Waals surface area (Å²) in [6.45, 7) is 6.48. The van der Waals surface area contributed by atoms with Crippen molar-refractivity contribution in [1.29, 1.82) is 0 Å². The molecule has 0 fully saturated rings. The summed E-state index contributed by atoms with van der Waals surface area (Å²) >= 11 is 0. The molecule has 5 nitrogen and oxygen atoms in total. The maximum atomic E-state index is 11.0. The van der Waals surface area contributed by atoms with Crippen molar-refractivity contribution in [3.63, 3.8) is 0 Å². The van der Waals surface area contributed by atoms with Crippen molar-refractivity contribution in [1.82, 2.24) is 4.98 Å². The molecule has 0 bridgehead atoms. The molecule has 1 heterocycles. The van der Waals surface area contributed by atoms with Gasteiger partial charge in [-0.2, -0.15) is 0 Å². The lowest BCUT2D eigenvalue weighted by Crippen LogP contribution is -2.16. The molecule has 0 aliphatic carbocycles. The standard InChI is InChI=1S/C13H20N2O3/c1-8(2)11-4-10(13(17)18)5-12(15-11)14-6-9(3)7-16/h4-5,8-9,16H,6-7H2,1-3H3,(H,14,15)(H,17,18). The van der Waals surface area contributed by atoms with Gasteiger partial charge in [-0.05, 0) is 24.0 Å². The summed E-state index contributed by atoms with van der Waals surface area (Å²) in [5.41, 5.74) is 0.974.